The molecule has 0 amide bonds. The van der Waals surface area contributed by atoms with Crippen molar-refractivity contribution in [2.24, 2.45) is 5.73 Å². The van der Waals surface area contributed by atoms with Gasteiger partial charge in [0, 0.05) is 6.04 Å². The molecule has 0 aliphatic heterocycles. The van der Waals surface area contributed by atoms with Crippen LogP contribution < -0.4 is 19.9 Å². The maximum Gasteiger partial charge on any atom is 0.122 e. The van der Waals surface area contributed by atoms with E-state index in [0.29, 0.717) is 13.2 Å². The van der Waals surface area contributed by atoms with Crippen LogP contribution in [0.2, 0.25) is 0 Å². The SMILES string of the molecule is COc1ccc(OCCOc2cccc([C@H](C)N)c2)cc1. The molecule has 21 heavy (non-hydrogen) atoms. The van der Waals surface area contributed by atoms with E-state index >= 15 is 0 Å². The van der Waals surface area contributed by atoms with E-state index in [9.17, 15) is 0 Å². The molecule has 0 saturated heterocycles. The summed E-state index contributed by atoms with van der Waals surface area (Å²) in [5.74, 6) is 2.41. The molecule has 0 heterocycles. The van der Waals surface area contributed by atoms with E-state index in [2.05, 4.69) is 0 Å². The Morgan fingerprint density at radius 1 is 0.905 bits per heavy atom. The molecule has 0 aromatic heterocycles. The van der Waals surface area contributed by atoms with Gasteiger partial charge in [-0.25, -0.2) is 0 Å². The van der Waals surface area contributed by atoms with Crippen molar-refractivity contribution >= 4 is 0 Å². The molecular formula is C17H21NO3. The van der Waals surface area contributed by atoms with E-state index in [0.717, 1.165) is 22.8 Å². The molecule has 0 saturated carbocycles. The monoisotopic (exact) mass is 287 g/mol. The Hall–Kier alpha value is -2.20. The highest BCUT2D eigenvalue weighted by atomic mass is 16.5. The van der Waals surface area contributed by atoms with Crippen molar-refractivity contribution < 1.29 is 14.2 Å². The number of nitrogens with two attached hydrogens (primary N) is 1. The zero-order chi connectivity index (χ0) is 15.1. The Kier molecular flexibility index (Phi) is 5.46. The van der Waals surface area contributed by atoms with E-state index in [1.54, 1.807) is 7.11 Å². The topological polar surface area (TPSA) is 53.7 Å². The third-order valence-electron chi connectivity index (χ3n) is 3.06. The first-order chi connectivity index (χ1) is 10.2. The largest absolute Gasteiger partial charge is 0.497 e. The summed E-state index contributed by atoms with van der Waals surface area (Å²) < 4.78 is 16.4. The average molecular weight is 287 g/mol. The summed E-state index contributed by atoms with van der Waals surface area (Å²) in [5.41, 5.74) is 6.91. The fraction of sp³-hybridized carbons (Fsp3) is 0.294. The van der Waals surface area contributed by atoms with Gasteiger partial charge in [-0.1, -0.05) is 12.1 Å². The molecule has 0 aliphatic rings. The van der Waals surface area contributed by atoms with Crippen molar-refractivity contribution in [3.8, 4) is 17.2 Å². The summed E-state index contributed by atoms with van der Waals surface area (Å²) in [4.78, 5) is 0. The van der Waals surface area contributed by atoms with E-state index in [-0.39, 0.29) is 6.04 Å². The van der Waals surface area contributed by atoms with Gasteiger partial charge in [-0.15, -0.1) is 0 Å². The van der Waals surface area contributed by atoms with Gasteiger partial charge in [-0.2, -0.15) is 0 Å². The fourth-order valence-electron chi connectivity index (χ4n) is 1.88. The Balaban J connectivity index is 1.77. The molecular weight excluding hydrogens is 266 g/mol. The molecule has 0 spiro atoms. The van der Waals surface area contributed by atoms with E-state index in [1.807, 2.05) is 55.5 Å². The van der Waals surface area contributed by atoms with Gasteiger partial charge in [0.15, 0.2) is 0 Å². The Morgan fingerprint density at radius 3 is 2.14 bits per heavy atom. The summed E-state index contributed by atoms with van der Waals surface area (Å²) in [7, 11) is 1.64. The number of hydrogen-bond acceptors (Lipinski definition) is 4. The van der Waals surface area contributed by atoms with Crippen molar-refractivity contribution in [1.29, 1.82) is 0 Å². The molecule has 0 aliphatic carbocycles. The molecule has 2 rings (SSSR count). The Morgan fingerprint density at radius 2 is 1.52 bits per heavy atom. The second kappa shape index (κ2) is 7.55. The lowest BCUT2D eigenvalue weighted by Gasteiger charge is -2.11. The van der Waals surface area contributed by atoms with Gasteiger partial charge in [0.25, 0.3) is 0 Å². The molecule has 4 heteroatoms. The van der Waals surface area contributed by atoms with Crippen LogP contribution >= 0.6 is 0 Å². The van der Waals surface area contributed by atoms with E-state index in [4.69, 9.17) is 19.9 Å². The summed E-state index contributed by atoms with van der Waals surface area (Å²) in [6.07, 6.45) is 0. The first-order valence-corrected chi connectivity index (χ1v) is 6.94. The fourth-order valence-corrected chi connectivity index (χ4v) is 1.88. The summed E-state index contributed by atoms with van der Waals surface area (Å²) in [5, 5.41) is 0. The molecule has 2 N–H and O–H groups in total. The summed E-state index contributed by atoms with van der Waals surface area (Å²) in [6, 6.07) is 15.3. The second-order valence-corrected chi connectivity index (χ2v) is 4.73. The third kappa shape index (κ3) is 4.68. The van der Waals surface area contributed by atoms with Crippen LogP contribution in [-0.4, -0.2) is 20.3 Å². The van der Waals surface area contributed by atoms with Gasteiger partial charge in [-0.3, -0.25) is 0 Å². The zero-order valence-corrected chi connectivity index (χ0v) is 12.4. The Bertz CT molecular complexity index is 552. The van der Waals surface area contributed by atoms with Crippen molar-refractivity contribution in [2.45, 2.75) is 13.0 Å². The van der Waals surface area contributed by atoms with E-state index < -0.39 is 0 Å². The van der Waals surface area contributed by atoms with Gasteiger partial charge in [0.1, 0.15) is 30.5 Å². The molecule has 1 atom stereocenters. The van der Waals surface area contributed by atoms with Crippen LogP contribution in [0.3, 0.4) is 0 Å². The standard InChI is InChI=1S/C17H21NO3/c1-13(18)14-4-3-5-17(12-14)21-11-10-20-16-8-6-15(19-2)7-9-16/h3-9,12-13H,10-11,18H2,1-2H3/t13-/m0/s1. The summed E-state index contributed by atoms with van der Waals surface area (Å²) >= 11 is 0. The molecule has 4 nitrogen and oxygen atoms in total. The minimum Gasteiger partial charge on any atom is -0.497 e. The minimum atomic E-state index is 0.00380. The van der Waals surface area contributed by atoms with Crippen LogP contribution in [0.1, 0.15) is 18.5 Å². The van der Waals surface area contributed by atoms with Crippen molar-refractivity contribution in [2.75, 3.05) is 20.3 Å². The number of benzene rings is 2. The van der Waals surface area contributed by atoms with Gasteiger partial charge in [0.05, 0.1) is 7.11 Å². The van der Waals surface area contributed by atoms with Gasteiger partial charge < -0.3 is 19.9 Å². The lowest BCUT2D eigenvalue weighted by atomic mass is 10.1. The molecule has 0 fully saturated rings. The van der Waals surface area contributed by atoms with Crippen molar-refractivity contribution in [1.82, 2.24) is 0 Å². The highest BCUT2D eigenvalue weighted by Gasteiger charge is 2.01. The maximum absolute atomic E-state index is 5.85. The Labute approximate surface area is 125 Å². The lowest BCUT2D eigenvalue weighted by molar-refractivity contribution is 0.217. The molecule has 0 unspecified atom stereocenters. The molecule has 2 aromatic rings. The lowest BCUT2D eigenvalue weighted by Crippen LogP contribution is -2.10. The third-order valence-corrected chi connectivity index (χ3v) is 3.06. The number of hydrogen-bond donors (Lipinski definition) is 1. The number of ether oxygens (including phenoxy) is 3. The van der Waals surface area contributed by atoms with Crippen LogP contribution in [0.4, 0.5) is 0 Å². The highest BCUT2D eigenvalue weighted by molar-refractivity contribution is 5.31. The molecule has 112 valence electrons. The zero-order valence-electron chi connectivity index (χ0n) is 12.4. The second-order valence-electron chi connectivity index (χ2n) is 4.73. The van der Waals surface area contributed by atoms with Crippen LogP contribution in [0.5, 0.6) is 17.2 Å². The number of methoxy groups -OCH3 is 1. The molecule has 0 radical (unpaired) electrons. The van der Waals surface area contributed by atoms with Gasteiger partial charge in [-0.05, 0) is 48.9 Å². The van der Waals surface area contributed by atoms with Crippen LogP contribution in [-0.2, 0) is 0 Å². The first-order valence-electron chi connectivity index (χ1n) is 6.94. The smallest absolute Gasteiger partial charge is 0.122 e. The summed E-state index contributed by atoms with van der Waals surface area (Å²) in [6.45, 7) is 2.91. The minimum absolute atomic E-state index is 0.00380. The van der Waals surface area contributed by atoms with Gasteiger partial charge >= 0.3 is 0 Å². The normalized spacial score (nSPS) is 11.8. The predicted octanol–water partition coefficient (Wildman–Crippen LogP) is 3.17. The number of rotatable bonds is 7. The van der Waals surface area contributed by atoms with Crippen LogP contribution in [0, 0.1) is 0 Å². The molecule has 2 aromatic carbocycles. The van der Waals surface area contributed by atoms with Crippen LogP contribution in [0.15, 0.2) is 48.5 Å². The van der Waals surface area contributed by atoms with Crippen LogP contribution in [0.25, 0.3) is 0 Å². The maximum atomic E-state index is 5.85. The van der Waals surface area contributed by atoms with Crippen molar-refractivity contribution in [3.63, 3.8) is 0 Å². The van der Waals surface area contributed by atoms with Gasteiger partial charge in [0.2, 0.25) is 0 Å². The van der Waals surface area contributed by atoms with E-state index in [1.165, 1.54) is 0 Å². The highest BCUT2D eigenvalue weighted by Crippen LogP contribution is 2.18. The first kappa shape index (κ1) is 15.2. The van der Waals surface area contributed by atoms with Crippen molar-refractivity contribution in [3.05, 3.63) is 54.1 Å². The predicted molar refractivity (Wildman–Crippen MR) is 83.0 cm³/mol. The molecule has 0 bridgehead atoms. The quantitative estimate of drug-likeness (QED) is 0.795. The average Bonchev–Trinajstić information content (AvgIpc) is 2.52.